The summed E-state index contributed by atoms with van der Waals surface area (Å²) >= 11 is 3.53. The van der Waals surface area contributed by atoms with E-state index in [9.17, 15) is 0 Å². The van der Waals surface area contributed by atoms with E-state index in [4.69, 9.17) is 4.43 Å². The van der Waals surface area contributed by atoms with Crippen molar-refractivity contribution in [2.45, 2.75) is 33.5 Å². The maximum absolute atomic E-state index is 6.04. The van der Waals surface area contributed by atoms with Crippen molar-refractivity contribution in [3.05, 3.63) is 27.7 Å². The molecular formula is C11H17BrOSi. The van der Waals surface area contributed by atoms with Crippen LogP contribution >= 0.6 is 15.9 Å². The summed E-state index contributed by atoms with van der Waals surface area (Å²) in [6.45, 7) is 10.8. The average Bonchev–Trinajstić information content (AvgIpc) is 2.04. The van der Waals surface area contributed by atoms with Crippen LogP contribution < -0.4 is 4.43 Å². The molecule has 3 heteroatoms. The normalized spacial score (nSPS) is 11.6. The molecule has 0 aromatic heterocycles. The lowest BCUT2D eigenvalue weighted by Crippen LogP contribution is -2.29. The second-order valence-electron chi connectivity index (χ2n) is 4.53. The lowest BCUT2D eigenvalue weighted by Gasteiger charge is -2.22. The Morgan fingerprint density at radius 3 is 2.21 bits per heavy atom. The van der Waals surface area contributed by atoms with Gasteiger partial charge in [-0.05, 0) is 66.6 Å². The van der Waals surface area contributed by atoms with Crippen LogP contribution in [0.3, 0.4) is 0 Å². The number of aryl methyl sites for hydroxylation is 1. The average molecular weight is 273 g/mol. The van der Waals surface area contributed by atoms with E-state index in [0.29, 0.717) is 0 Å². The second kappa shape index (κ2) is 4.07. The Hall–Kier alpha value is -0.283. The van der Waals surface area contributed by atoms with Crippen molar-refractivity contribution in [2.75, 3.05) is 0 Å². The maximum Gasteiger partial charge on any atom is 0.242 e. The summed E-state index contributed by atoms with van der Waals surface area (Å²) in [5, 5.41) is 0. The molecule has 0 bridgehead atoms. The number of halogens is 1. The molecule has 14 heavy (non-hydrogen) atoms. The Balaban J connectivity index is 3.13. The molecule has 0 aliphatic rings. The van der Waals surface area contributed by atoms with E-state index in [-0.39, 0.29) is 0 Å². The van der Waals surface area contributed by atoms with E-state index in [1.165, 1.54) is 11.1 Å². The molecule has 1 aromatic rings. The quantitative estimate of drug-likeness (QED) is 0.731. The molecule has 1 nitrogen and oxygen atoms in total. The van der Waals surface area contributed by atoms with Crippen LogP contribution in [0.5, 0.6) is 5.75 Å². The van der Waals surface area contributed by atoms with Crippen LogP contribution in [0.25, 0.3) is 0 Å². The zero-order chi connectivity index (χ0) is 10.9. The highest BCUT2D eigenvalue weighted by Crippen LogP contribution is 2.32. The van der Waals surface area contributed by atoms with Gasteiger partial charge in [-0.15, -0.1) is 0 Å². The summed E-state index contributed by atoms with van der Waals surface area (Å²) in [7, 11) is -1.51. The van der Waals surface area contributed by atoms with E-state index < -0.39 is 8.32 Å². The summed E-state index contributed by atoms with van der Waals surface area (Å²) in [6, 6.07) is 4.16. The highest BCUT2D eigenvalue weighted by atomic mass is 79.9. The molecule has 0 radical (unpaired) electrons. The Labute approximate surface area is 95.7 Å². The standard InChI is InChI=1S/C11H17BrOSi/c1-8-6-7-10(12)11(9(8)2)13-14(3,4)5/h6-7H,1-5H3. The molecule has 0 amide bonds. The van der Waals surface area contributed by atoms with Crippen molar-refractivity contribution < 1.29 is 4.43 Å². The van der Waals surface area contributed by atoms with Gasteiger partial charge in [0.25, 0.3) is 0 Å². The van der Waals surface area contributed by atoms with E-state index in [2.05, 4.69) is 61.6 Å². The van der Waals surface area contributed by atoms with Crippen molar-refractivity contribution in [1.29, 1.82) is 0 Å². The molecule has 0 N–H and O–H groups in total. The van der Waals surface area contributed by atoms with Crippen molar-refractivity contribution in [3.8, 4) is 5.75 Å². The zero-order valence-electron chi connectivity index (χ0n) is 9.44. The van der Waals surface area contributed by atoms with Crippen molar-refractivity contribution in [2.24, 2.45) is 0 Å². The molecule has 0 heterocycles. The largest absolute Gasteiger partial charge is 0.543 e. The lowest BCUT2D eigenvalue weighted by atomic mass is 10.1. The fraction of sp³-hybridized carbons (Fsp3) is 0.455. The van der Waals surface area contributed by atoms with Crippen LogP contribution in [0.4, 0.5) is 0 Å². The molecule has 0 saturated carbocycles. The Bertz CT molecular complexity index is 342. The Morgan fingerprint density at radius 1 is 1.14 bits per heavy atom. The predicted octanol–water partition coefficient (Wildman–Crippen LogP) is 4.28. The molecule has 0 aliphatic heterocycles. The van der Waals surface area contributed by atoms with Gasteiger partial charge in [0.05, 0.1) is 4.47 Å². The van der Waals surface area contributed by atoms with Crippen LogP contribution in [-0.2, 0) is 0 Å². The third-order valence-corrected chi connectivity index (χ3v) is 3.48. The maximum atomic E-state index is 6.04. The first kappa shape index (κ1) is 11.8. The van der Waals surface area contributed by atoms with Gasteiger partial charge < -0.3 is 4.43 Å². The third kappa shape index (κ3) is 2.85. The summed E-state index contributed by atoms with van der Waals surface area (Å²) in [5.74, 6) is 1.02. The highest BCUT2D eigenvalue weighted by Gasteiger charge is 2.19. The van der Waals surface area contributed by atoms with E-state index in [1.807, 2.05) is 0 Å². The SMILES string of the molecule is Cc1ccc(Br)c(O[Si](C)(C)C)c1C. The summed E-state index contributed by atoms with van der Waals surface area (Å²) in [5.41, 5.74) is 2.52. The second-order valence-corrected chi connectivity index (χ2v) is 9.82. The number of rotatable bonds is 2. The van der Waals surface area contributed by atoms with Crippen LogP contribution in [0, 0.1) is 13.8 Å². The predicted molar refractivity (Wildman–Crippen MR) is 67.6 cm³/mol. The fourth-order valence-electron chi connectivity index (χ4n) is 1.19. The summed E-state index contributed by atoms with van der Waals surface area (Å²) < 4.78 is 7.09. The lowest BCUT2D eigenvalue weighted by molar-refractivity contribution is 0.548. The summed E-state index contributed by atoms with van der Waals surface area (Å²) in [6.07, 6.45) is 0. The van der Waals surface area contributed by atoms with Gasteiger partial charge in [0.2, 0.25) is 8.32 Å². The van der Waals surface area contributed by atoms with Crippen LogP contribution in [0.1, 0.15) is 11.1 Å². The summed E-state index contributed by atoms with van der Waals surface area (Å²) in [4.78, 5) is 0. The van der Waals surface area contributed by atoms with Gasteiger partial charge in [-0.1, -0.05) is 6.07 Å². The van der Waals surface area contributed by atoms with Gasteiger partial charge in [-0.2, -0.15) is 0 Å². The zero-order valence-corrected chi connectivity index (χ0v) is 12.0. The van der Waals surface area contributed by atoms with E-state index >= 15 is 0 Å². The van der Waals surface area contributed by atoms with E-state index in [1.54, 1.807) is 0 Å². The molecule has 0 aliphatic carbocycles. The molecule has 1 aromatic carbocycles. The monoisotopic (exact) mass is 272 g/mol. The van der Waals surface area contributed by atoms with Crippen LogP contribution in [0.15, 0.2) is 16.6 Å². The Morgan fingerprint density at radius 2 is 1.71 bits per heavy atom. The smallest absolute Gasteiger partial charge is 0.242 e. The van der Waals surface area contributed by atoms with Gasteiger partial charge in [0.1, 0.15) is 5.75 Å². The minimum atomic E-state index is -1.51. The topological polar surface area (TPSA) is 9.23 Å². The number of hydrogen-bond acceptors (Lipinski definition) is 1. The van der Waals surface area contributed by atoms with Crippen molar-refractivity contribution in [1.82, 2.24) is 0 Å². The fourth-order valence-corrected chi connectivity index (χ4v) is 2.72. The first-order chi connectivity index (χ1) is 6.31. The molecule has 0 atom stereocenters. The van der Waals surface area contributed by atoms with Crippen molar-refractivity contribution >= 4 is 24.2 Å². The van der Waals surface area contributed by atoms with Crippen LogP contribution in [0.2, 0.25) is 19.6 Å². The molecule has 0 saturated heterocycles. The Kier molecular flexibility index (Phi) is 3.43. The molecule has 1 rings (SSSR count). The minimum absolute atomic E-state index is 1.02. The first-order valence-electron chi connectivity index (χ1n) is 4.76. The first-order valence-corrected chi connectivity index (χ1v) is 8.96. The molecule has 0 spiro atoms. The molecule has 0 unspecified atom stereocenters. The molecule has 0 fully saturated rings. The minimum Gasteiger partial charge on any atom is -0.543 e. The highest BCUT2D eigenvalue weighted by molar-refractivity contribution is 9.10. The molecular weight excluding hydrogens is 256 g/mol. The van der Waals surface area contributed by atoms with Gasteiger partial charge in [0.15, 0.2) is 0 Å². The van der Waals surface area contributed by atoms with Crippen LogP contribution in [-0.4, -0.2) is 8.32 Å². The van der Waals surface area contributed by atoms with Gasteiger partial charge in [-0.3, -0.25) is 0 Å². The number of hydrogen-bond donors (Lipinski definition) is 0. The van der Waals surface area contributed by atoms with Crippen molar-refractivity contribution in [3.63, 3.8) is 0 Å². The van der Waals surface area contributed by atoms with Gasteiger partial charge in [-0.25, -0.2) is 0 Å². The third-order valence-electron chi connectivity index (χ3n) is 2.04. The van der Waals surface area contributed by atoms with Gasteiger partial charge >= 0.3 is 0 Å². The van der Waals surface area contributed by atoms with E-state index in [0.717, 1.165) is 10.2 Å². The molecule has 78 valence electrons. The number of benzene rings is 1. The van der Waals surface area contributed by atoms with Gasteiger partial charge in [0, 0.05) is 0 Å².